The molecule has 8 heteroatoms. The van der Waals surface area contributed by atoms with Crippen LogP contribution in [-0.2, 0) is 23.5 Å². The predicted octanol–water partition coefficient (Wildman–Crippen LogP) is 1.60. The van der Waals surface area contributed by atoms with Crippen molar-refractivity contribution in [3.63, 3.8) is 0 Å². The van der Waals surface area contributed by atoms with Gasteiger partial charge in [0.25, 0.3) is 0 Å². The maximum atomic E-state index is 12.4. The zero-order valence-corrected chi connectivity index (χ0v) is 14.5. The molecule has 0 fully saturated rings. The molecule has 0 aliphatic heterocycles. The highest BCUT2D eigenvalue weighted by Gasteiger charge is 2.16. The topological polar surface area (TPSA) is 97.1 Å². The van der Waals surface area contributed by atoms with E-state index in [0.717, 1.165) is 17.0 Å². The van der Waals surface area contributed by atoms with Crippen molar-refractivity contribution in [2.75, 3.05) is 6.54 Å². The Morgan fingerprint density at radius 2 is 2.00 bits per heavy atom. The number of hydrogen-bond acceptors (Lipinski definition) is 4. The van der Waals surface area contributed by atoms with Crippen LogP contribution < -0.4 is 10.5 Å². The van der Waals surface area contributed by atoms with Crippen LogP contribution >= 0.6 is 0 Å². The maximum Gasteiger partial charge on any atom is 0.419 e. The maximum absolute atomic E-state index is 12.4. The number of aryl methyl sites for hydroxylation is 3. The van der Waals surface area contributed by atoms with Gasteiger partial charge in [-0.25, -0.2) is 17.9 Å². The lowest BCUT2D eigenvalue weighted by atomic mass is 10.2. The number of rotatable bonds is 5. The SMILES string of the molecule is Cc1cc(CCNS(=O)(=O)c2ccc3c(c2)oc(=O)n3C)c(C)[nH]1. The summed E-state index contributed by atoms with van der Waals surface area (Å²) in [7, 11) is -2.09. The van der Waals surface area contributed by atoms with Crippen molar-refractivity contribution in [2.24, 2.45) is 7.05 Å². The fourth-order valence-corrected chi connectivity index (χ4v) is 3.77. The van der Waals surface area contributed by atoms with Crippen LogP contribution in [-0.4, -0.2) is 24.5 Å². The molecule has 0 saturated carbocycles. The summed E-state index contributed by atoms with van der Waals surface area (Å²) in [4.78, 5) is 14.8. The standard InChI is InChI=1S/C16H19N3O4S/c1-10-8-12(11(2)18-10)6-7-17-24(21,22)13-4-5-14-15(9-13)23-16(20)19(14)3/h4-5,8-9,17-18H,6-7H2,1-3H3. The first kappa shape index (κ1) is 16.5. The van der Waals surface area contributed by atoms with Gasteiger partial charge >= 0.3 is 5.76 Å². The second kappa shape index (κ2) is 5.95. The van der Waals surface area contributed by atoms with Crippen LogP contribution in [0.1, 0.15) is 17.0 Å². The van der Waals surface area contributed by atoms with Crippen molar-refractivity contribution in [3.8, 4) is 0 Å². The zero-order valence-electron chi connectivity index (χ0n) is 13.7. The minimum atomic E-state index is -3.66. The van der Waals surface area contributed by atoms with E-state index in [4.69, 9.17) is 4.42 Å². The van der Waals surface area contributed by atoms with Crippen LogP contribution in [0, 0.1) is 13.8 Å². The van der Waals surface area contributed by atoms with Crippen molar-refractivity contribution < 1.29 is 12.8 Å². The second-order valence-corrected chi connectivity index (χ2v) is 7.57. The molecule has 0 atom stereocenters. The van der Waals surface area contributed by atoms with Crippen molar-refractivity contribution >= 4 is 21.1 Å². The number of benzene rings is 1. The fourth-order valence-electron chi connectivity index (χ4n) is 2.73. The Balaban J connectivity index is 1.77. The first-order chi connectivity index (χ1) is 11.3. The molecule has 7 nitrogen and oxygen atoms in total. The number of aromatic amines is 1. The predicted molar refractivity (Wildman–Crippen MR) is 90.6 cm³/mol. The second-order valence-electron chi connectivity index (χ2n) is 5.81. The summed E-state index contributed by atoms with van der Waals surface area (Å²) in [6.07, 6.45) is 0.595. The fraction of sp³-hybridized carbons (Fsp3) is 0.312. The van der Waals surface area contributed by atoms with Crippen LogP contribution in [0.4, 0.5) is 0 Å². The summed E-state index contributed by atoms with van der Waals surface area (Å²) >= 11 is 0. The first-order valence-corrected chi connectivity index (χ1v) is 9.00. The first-order valence-electron chi connectivity index (χ1n) is 7.52. The monoisotopic (exact) mass is 349 g/mol. The lowest BCUT2D eigenvalue weighted by Crippen LogP contribution is -2.26. The molecule has 3 aromatic rings. The van der Waals surface area contributed by atoms with Gasteiger partial charge in [-0.1, -0.05) is 0 Å². The molecule has 24 heavy (non-hydrogen) atoms. The van der Waals surface area contributed by atoms with Gasteiger partial charge < -0.3 is 9.40 Å². The van der Waals surface area contributed by atoms with Gasteiger partial charge in [0, 0.05) is 31.0 Å². The van der Waals surface area contributed by atoms with E-state index in [2.05, 4.69) is 9.71 Å². The minimum absolute atomic E-state index is 0.0753. The van der Waals surface area contributed by atoms with Gasteiger partial charge in [0.05, 0.1) is 10.4 Å². The smallest absolute Gasteiger partial charge is 0.408 e. The van der Waals surface area contributed by atoms with Crippen LogP contribution in [0.3, 0.4) is 0 Å². The van der Waals surface area contributed by atoms with Gasteiger partial charge in [-0.15, -0.1) is 0 Å². The molecule has 0 saturated heterocycles. The van der Waals surface area contributed by atoms with Crippen LogP contribution in [0.25, 0.3) is 11.1 Å². The quantitative estimate of drug-likeness (QED) is 0.731. The number of fused-ring (bicyclic) bond motifs is 1. The largest absolute Gasteiger partial charge is 0.419 e. The van der Waals surface area contributed by atoms with Crippen LogP contribution in [0.2, 0.25) is 0 Å². The van der Waals surface area contributed by atoms with E-state index in [-0.39, 0.29) is 17.0 Å². The number of nitrogens with one attached hydrogen (secondary N) is 2. The summed E-state index contributed by atoms with van der Waals surface area (Å²) in [5.74, 6) is -0.522. The number of hydrogen-bond donors (Lipinski definition) is 2. The molecule has 0 aliphatic carbocycles. The molecule has 0 spiro atoms. The van der Waals surface area contributed by atoms with E-state index in [1.54, 1.807) is 13.1 Å². The molecular formula is C16H19N3O4S. The molecule has 2 heterocycles. The average Bonchev–Trinajstić information content (AvgIpc) is 2.98. The molecule has 0 unspecified atom stereocenters. The highest BCUT2D eigenvalue weighted by atomic mass is 32.2. The van der Waals surface area contributed by atoms with E-state index in [9.17, 15) is 13.2 Å². The number of H-pyrrole nitrogens is 1. The highest BCUT2D eigenvalue weighted by Crippen LogP contribution is 2.18. The Morgan fingerprint density at radius 3 is 2.67 bits per heavy atom. The highest BCUT2D eigenvalue weighted by molar-refractivity contribution is 7.89. The molecule has 0 aliphatic rings. The number of aromatic nitrogens is 2. The van der Waals surface area contributed by atoms with Crippen LogP contribution in [0.5, 0.6) is 0 Å². The van der Waals surface area contributed by atoms with Gasteiger partial charge in [0.2, 0.25) is 10.0 Å². The van der Waals surface area contributed by atoms with Crippen molar-refractivity contribution in [2.45, 2.75) is 25.2 Å². The Labute approximate surface area is 139 Å². The number of nitrogens with zero attached hydrogens (tertiary/aromatic N) is 1. The molecule has 3 rings (SSSR count). The third-order valence-corrected chi connectivity index (χ3v) is 5.48. The lowest BCUT2D eigenvalue weighted by Gasteiger charge is -2.06. The molecule has 0 radical (unpaired) electrons. The summed E-state index contributed by atoms with van der Waals surface area (Å²) in [5.41, 5.74) is 3.98. The van der Waals surface area contributed by atoms with Gasteiger partial charge in [0.15, 0.2) is 5.58 Å². The summed E-state index contributed by atoms with van der Waals surface area (Å²) in [6, 6.07) is 6.40. The summed E-state index contributed by atoms with van der Waals surface area (Å²) in [5, 5.41) is 0. The van der Waals surface area contributed by atoms with Crippen LogP contribution in [0.15, 0.2) is 38.4 Å². The molecule has 2 aromatic heterocycles. The molecule has 0 bridgehead atoms. The van der Waals surface area contributed by atoms with E-state index >= 15 is 0 Å². The van der Waals surface area contributed by atoms with Crippen molar-refractivity contribution in [1.82, 2.24) is 14.3 Å². The molecular weight excluding hydrogens is 330 g/mol. The summed E-state index contributed by atoms with van der Waals surface area (Å²) < 4.78 is 33.8. The molecule has 128 valence electrons. The van der Waals surface area contributed by atoms with E-state index in [1.807, 2.05) is 19.9 Å². The number of oxazole rings is 1. The van der Waals surface area contributed by atoms with E-state index in [0.29, 0.717) is 11.9 Å². The summed E-state index contributed by atoms with van der Waals surface area (Å²) in [6.45, 7) is 4.21. The Bertz CT molecular complexity index is 1060. The lowest BCUT2D eigenvalue weighted by molar-refractivity contribution is 0.527. The van der Waals surface area contributed by atoms with Crippen molar-refractivity contribution in [1.29, 1.82) is 0 Å². The van der Waals surface area contributed by atoms with Crippen molar-refractivity contribution in [3.05, 3.63) is 51.8 Å². The normalized spacial score (nSPS) is 12.1. The van der Waals surface area contributed by atoms with Gasteiger partial charge in [-0.3, -0.25) is 4.57 Å². The zero-order chi connectivity index (χ0) is 17.5. The van der Waals surface area contributed by atoms with Gasteiger partial charge in [0.1, 0.15) is 0 Å². The molecule has 2 N–H and O–H groups in total. The minimum Gasteiger partial charge on any atom is -0.408 e. The third kappa shape index (κ3) is 3.02. The Morgan fingerprint density at radius 1 is 1.25 bits per heavy atom. The number of sulfonamides is 1. The molecule has 0 amide bonds. The Hall–Kier alpha value is -2.32. The van der Waals surface area contributed by atoms with E-state index < -0.39 is 15.8 Å². The average molecular weight is 349 g/mol. The Kier molecular flexibility index (Phi) is 4.10. The third-order valence-electron chi connectivity index (χ3n) is 4.02. The molecule has 1 aromatic carbocycles. The van der Waals surface area contributed by atoms with E-state index in [1.165, 1.54) is 16.7 Å². The van der Waals surface area contributed by atoms with Gasteiger partial charge in [-0.2, -0.15) is 0 Å². The van der Waals surface area contributed by atoms with Gasteiger partial charge in [-0.05, 0) is 44.0 Å².